The van der Waals surface area contributed by atoms with E-state index < -0.39 is 5.63 Å². The smallest absolute Gasteiger partial charge is 0.336 e. The van der Waals surface area contributed by atoms with Gasteiger partial charge in [0.15, 0.2) is 0 Å². The molecule has 2 aromatic heterocycles. The lowest BCUT2D eigenvalue weighted by molar-refractivity contribution is 0.480. The van der Waals surface area contributed by atoms with Crippen LogP contribution in [0.1, 0.15) is 5.56 Å². The number of rotatable bonds is 2. The zero-order valence-electron chi connectivity index (χ0n) is 14.2. The summed E-state index contributed by atoms with van der Waals surface area (Å²) in [7, 11) is 0. The van der Waals surface area contributed by atoms with Crippen LogP contribution in [0, 0.1) is 6.92 Å². The third-order valence-corrected chi connectivity index (χ3v) is 4.45. The second kappa shape index (κ2) is 6.41. The van der Waals surface area contributed by atoms with Crippen LogP contribution in [0.3, 0.4) is 0 Å². The fraction of sp³-hybridized carbons (Fsp3) is 0.0500. The third kappa shape index (κ3) is 3.11. The van der Waals surface area contributed by atoms with Crippen molar-refractivity contribution in [1.82, 2.24) is 9.97 Å². The number of hydrogen-bond acceptors (Lipinski definition) is 6. The van der Waals surface area contributed by atoms with Gasteiger partial charge in [-0.2, -0.15) is 0 Å². The van der Waals surface area contributed by atoms with Crippen LogP contribution in [0.25, 0.3) is 33.5 Å². The van der Waals surface area contributed by atoms with Gasteiger partial charge < -0.3 is 15.3 Å². The standard InChI is InChI=1S/C20H14ClN3O3/c1-10-7-17(25)27-16-6-5-13(19(26)18(10)16)15-9-14(23-20(22)24-15)11-3-2-4-12(21)8-11/h2-9,26H,1H3,(H2,22,23,24). The number of nitrogen functional groups attached to an aromatic ring is 1. The van der Waals surface area contributed by atoms with Crippen LogP contribution in [0.2, 0.25) is 5.02 Å². The van der Waals surface area contributed by atoms with Crippen molar-refractivity contribution in [3.63, 3.8) is 0 Å². The molecule has 2 heterocycles. The molecule has 2 aromatic carbocycles. The van der Waals surface area contributed by atoms with Gasteiger partial charge in [0.1, 0.15) is 11.3 Å². The molecule has 134 valence electrons. The van der Waals surface area contributed by atoms with Crippen molar-refractivity contribution in [2.75, 3.05) is 5.73 Å². The van der Waals surface area contributed by atoms with Gasteiger partial charge in [-0.1, -0.05) is 23.7 Å². The number of nitrogens with zero attached hydrogens (tertiary/aromatic N) is 2. The molecule has 0 saturated carbocycles. The lowest BCUT2D eigenvalue weighted by atomic mass is 10.0. The zero-order chi connectivity index (χ0) is 19.1. The third-order valence-electron chi connectivity index (χ3n) is 4.22. The maximum Gasteiger partial charge on any atom is 0.336 e. The van der Waals surface area contributed by atoms with E-state index in [-0.39, 0.29) is 11.7 Å². The van der Waals surface area contributed by atoms with Crippen LogP contribution in [0.4, 0.5) is 5.95 Å². The maximum absolute atomic E-state index is 11.5. The summed E-state index contributed by atoms with van der Waals surface area (Å²) in [6, 6.07) is 13.5. The average molecular weight is 380 g/mol. The number of fused-ring (bicyclic) bond motifs is 1. The highest BCUT2D eigenvalue weighted by Gasteiger charge is 2.16. The lowest BCUT2D eigenvalue weighted by Crippen LogP contribution is -2.00. The summed E-state index contributed by atoms with van der Waals surface area (Å²) in [6.45, 7) is 1.73. The summed E-state index contributed by atoms with van der Waals surface area (Å²) < 4.78 is 5.16. The molecule has 0 amide bonds. The first-order valence-corrected chi connectivity index (χ1v) is 8.47. The highest BCUT2D eigenvalue weighted by molar-refractivity contribution is 6.30. The lowest BCUT2D eigenvalue weighted by Gasteiger charge is -2.10. The van der Waals surface area contributed by atoms with Gasteiger partial charge >= 0.3 is 5.63 Å². The maximum atomic E-state index is 11.5. The summed E-state index contributed by atoms with van der Waals surface area (Å²) in [5.74, 6) is 0.0298. The van der Waals surface area contributed by atoms with Crippen LogP contribution < -0.4 is 11.4 Å². The topological polar surface area (TPSA) is 102 Å². The minimum Gasteiger partial charge on any atom is -0.506 e. The van der Waals surface area contributed by atoms with Crippen molar-refractivity contribution >= 4 is 28.5 Å². The number of aryl methyl sites for hydroxylation is 1. The van der Waals surface area contributed by atoms with Crippen molar-refractivity contribution in [3.8, 4) is 28.3 Å². The van der Waals surface area contributed by atoms with E-state index in [9.17, 15) is 9.90 Å². The molecule has 0 radical (unpaired) electrons. The molecule has 27 heavy (non-hydrogen) atoms. The van der Waals surface area contributed by atoms with E-state index in [1.54, 1.807) is 37.3 Å². The number of aromatic nitrogens is 2. The van der Waals surface area contributed by atoms with Gasteiger partial charge in [-0.15, -0.1) is 0 Å². The number of halogens is 1. The SMILES string of the molecule is Cc1cc(=O)oc2ccc(-c3cc(-c4cccc(Cl)c4)nc(N)n3)c(O)c12. The molecular weight excluding hydrogens is 366 g/mol. The molecule has 6 nitrogen and oxygen atoms in total. The number of aromatic hydroxyl groups is 1. The van der Waals surface area contributed by atoms with E-state index in [4.69, 9.17) is 21.8 Å². The number of phenolic OH excluding ortho intramolecular Hbond substituents is 1. The molecule has 0 spiro atoms. The van der Waals surface area contributed by atoms with Crippen LogP contribution in [0.5, 0.6) is 5.75 Å². The van der Waals surface area contributed by atoms with E-state index in [0.717, 1.165) is 5.56 Å². The zero-order valence-corrected chi connectivity index (χ0v) is 15.0. The Bertz CT molecular complexity index is 1250. The van der Waals surface area contributed by atoms with E-state index in [0.29, 0.717) is 38.5 Å². The van der Waals surface area contributed by atoms with Gasteiger partial charge in [-0.25, -0.2) is 14.8 Å². The molecule has 0 aliphatic heterocycles. The molecule has 4 rings (SSSR count). The van der Waals surface area contributed by atoms with Gasteiger partial charge in [0.05, 0.1) is 16.8 Å². The molecular formula is C20H14ClN3O3. The molecule has 0 saturated heterocycles. The highest BCUT2D eigenvalue weighted by Crippen LogP contribution is 2.37. The van der Waals surface area contributed by atoms with Crippen molar-refractivity contribution in [3.05, 3.63) is 69.5 Å². The Kier molecular flexibility index (Phi) is 4.05. The number of phenols is 1. The molecule has 0 aliphatic rings. The first-order chi connectivity index (χ1) is 12.9. The molecule has 0 fully saturated rings. The number of anilines is 1. The number of nitrogens with two attached hydrogens (primary N) is 1. The van der Waals surface area contributed by atoms with Crippen LogP contribution in [-0.4, -0.2) is 15.1 Å². The van der Waals surface area contributed by atoms with Crippen molar-refractivity contribution in [2.24, 2.45) is 0 Å². The van der Waals surface area contributed by atoms with E-state index >= 15 is 0 Å². The minimum absolute atomic E-state index is 0.0381. The van der Waals surface area contributed by atoms with Gasteiger partial charge in [-0.3, -0.25) is 0 Å². The normalized spacial score (nSPS) is 11.0. The summed E-state index contributed by atoms with van der Waals surface area (Å²) in [5.41, 5.74) is 8.59. The Balaban J connectivity index is 1.94. The molecule has 4 aromatic rings. The Morgan fingerprint density at radius 1 is 1.07 bits per heavy atom. The van der Waals surface area contributed by atoms with Crippen molar-refractivity contribution < 1.29 is 9.52 Å². The highest BCUT2D eigenvalue weighted by atomic mass is 35.5. The molecule has 0 aliphatic carbocycles. The Hall–Kier alpha value is -3.38. The molecule has 3 N–H and O–H groups in total. The number of benzene rings is 2. The second-order valence-electron chi connectivity index (χ2n) is 6.09. The van der Waals surface area contributed by atoms with E-state index in [2.05, 4.69) is 9.97 Å². The monoisotopic (exact) mass is 379 g/mol. The predicted octanol–water partition coefficient (Wildman–Crippen LogP) is 4.17. The first-order valence-electron chi connectivity index (χ1n) is 8.09. The van der Waals surface area contributed by atoms with Crippen LogP contribution >= 0.6 is 11.6 Å². The Morgan fingerprint density at radius 2 is 1.85 bits per heavy atom. The van der Waals surface area contributed by atoms with Crippen molar-refractivity contribution in [2.45, 2.75) is 6.92 Å². The predicted molar refractivity (Wildman–Crippen MR) is 105 cm³/mol. The van der Waals surface area contributed by atoms with Gasteiger partial charge in [-0.05, 0) is 42.8 Å². The van der Waals surface area contributed by atoms with Gasteiger partial charge in [0, 0.05) is 22.2 Å². The summed E-state index contributed by atoms with van der Waals surface area (Å²) in [6.07, 6.45) is 0. The fourth-order valence-corrected chi connectivity index (χ4v) is 3.22. The Labute approximate surface area is 158 Å². The minimum atomic E-state index is -0.471. The van der Waals surface area contributed by atoms with E-state index in [1.807, 2.05) is 12.1 Å². The molecule has 0 bridgehead atoms. The quantitative estimate of drug-likeness (QED) is 0.507. The molecule has 7 heteroatoms. The summed E-state index contributed by atoms with van der Waals surface area (Å²) in [4.78, 5) is 20.1. The average Bonchev–Trinajstić information content (AvgIpc) is 2.60. The fourth-order valence-electron chi connectivity index (χ4n) is 3.03. The van der Waals surface area contributed by atoms with E-state index in [1.165, 1.54) is 6.07 Å². The largest absolute Gasteiger partial charge is 0.506 e. The molecule has 0 atom stereocenters. The summed E-state index contributed by atoms with van der Waals surface area (Å²) in [5, 5.41) is 11.8. The first kappa shape index (κ1) is 17.1. The van der Waals surface area contributed by atoms with Crippen molar-refractivity contribution in [1.29, 1.82) is 0 Å². The van der Waals surface area contributed by atoms with Gasteiger partial charge in [0.2, 0.25) is 5.95 Å². The summed E-state index contributed by atoms with van der Waals surface area (Å²) >= 11 is 6.06. The Morgan fingerprint density at radius 3 is 2.63 bits per heavy atom. The molecule has 0 unspecified atom stereocenters. The van der Waals surface area contributed by atoms with Crippen LogP contribution in [0.15, 0.2) is 57.7 Å². The van der Waals surface area contributed by atoms with Crippen LogP contribution in [-0.2, 0) is 0 Å². The number of hydrogen-bond donors (Lipinski definition) is 2. The second-order valence-corrected chi connectivity index (χ2v) is 6.53. The van der Waals surface area contributed by atoms with Gasteiger partial charge in [0.25, 0.3) is 0 Å².